The number of carbonyl (C=O) groups excluding carboxylic acids is 1. The molecule has 2 unspecified atom stereocenters. The number of nitrogens with zero attached hydrogens (tertiary/aromatic N) is 3. The minimum Gasteiger partial charge on any atom is -0.379 e. The van der Waals surface area contributed by atoms with Crippen LogP contribution < -0.4 is 10.2 Å². The number of hydrogen-bond donors (Lipinski definition) is 1. The summed E-state index contributed by atoms with van der Waals surface area (Å²) < 4.78 is 11.4. The molecule has 0 radical (unpaired) electrons. The minimum atomic E-state index is -0.254. The summed E-state index contributed by atoms with van der Waals surface area (Å²) >= 11 is 0. The summed E-state index contributed by atoms with van der Waals surface area (Å²) in [6.07, 6.45) is 4.47. The van der Waals surface area contributed by atoms with Gasteiger partial charge in [-0.1, -0.05) is 0 Å². The van der Waals surface area contributed by atoms with Gasteiger partial charge in [0.15, 0.2) is 0 Å². The first-order valence-electron chi connectivity index (χ1n) is 12.7. The van der Waals surface area contributed by atoms with Crippen molar-refractivity contribution in [1.82, 2.24) is 9.88 Å². The second-order valence-electron chi connectivity index (χ2n) is 11.1. The molecule has 1 amide bonds. The maximum absolute atomic E-state index is 12.9. The van der Waals surface area contributed by atoms with Gasteiger partial charge in [0.2, 0.25) is 5.91 Å². The number of benzene rings is 1. The van der Waals surface area contributed by atoms with Crippen molar-refractivity contribution in [3.63, 3.8) is 0 Å². The number of piperazine rings is 1. The van der Waals surface area contributed by atoms with Crippen LogP contribution in [-0.2, 0) is 14.3 Å². The lowest BCUT2D eigenvalue weighted by molar-refractivity contribution is -0.130. The molecule has 1 aromatic carbocycles. The van der Waals surface area contributed by atoms with Crippen LogP contribution in [-0.4, -0.2) is 72.9 Å². The maximum atomic E-state index is 12.9. The number of pyridine rings is 1. The van der Waals surface area contributed by atoms with Crippen molar-refractivity contribution in [2.45, 2.75) is 58.1 Å². The number of aryl methyl sites for hydroxylation is 1. The minimum absolute atomic E-state index is 0.0380. The van der Waals surface area contributed by atoms with Crippen molar-refractivity contribution >= 4 is 28.2 Å². The predicted molar refractivity (Wildman–Crippen MR) is 135 cm³/mol. The summed E-state index contributed by atoms with van der Waals surface area (Å²) in [6, 6.07) is 6.48. The van der Waals surface area contributed by atoms with Gasteiger partial charge in [-0.15, -0.1) is 0 Å². The molecule has 4 heterocycles. The van der Waals surface area contributed by atoms with Crippen molar-refractivity contribution < 1.29 is 14.3 Å². The quantitative estimate of drug-likeness (QED) is 0.735. The zero-order chi connectivity index (χ0) is 23.9. The number of rotatable bonds is 4. The maximum Gasteiger partial charge on any atom is 0.228 e. The van der Waals surface area contributed by atoms with Crippen LogP contribution in [0.3, 0.4) is 0 Å². The first kappa shape index (κ1) is 23.5. The number of anilines is 2. The molecular weight excluding hydrogens is 428 g/mol. The summed E-state index contributed by atoms with van der Waals surface area (Å²) in [5.74, 6) is 0.616. The molecular formula is C27H38N4O3. The molecule has 1 aromatic heterocycles. The molecule has 3 fully saturated rings. The van der Waals surface area contributed by atoms with Gasteiger partial charge in [0.1, 0.15) is 5.82 Å². The van der Waals surface area contributed by atoms with Crippen molar-refractivity contribution in [2.24, 2.45) is 5.92 Å². The summed E-state index contributed by atoms with van der Waals surface area (Å²) in [7, 11) is 0. The zero-order valence-electron chi connectivity index (χ0n) is 21.0. The molecule has 2 aromatic rings. The van der Waals surface area contributed by atoms with E-state index in [2.05, 4.69) is 46.1 Å². The van der Waals surface area contributed by atoms with Gasteiger partial charge in [-0.25, -0.2) is 4.98 Å². The summed E-state index contributed by atoms with van der Waals surface area (Å²) in [5.41, 5.74) is 2.47. The molecule has 3 aliphatic heterocycles. The molecule has 0 saturated carbocycles. The molecule has 0 bridgehead atoms. The van der Waals surface area contributed by atoms with Crippen LogP contribution in [0.15, 0.2) is 24.4 Å². The number of aromatic nitrogens is 1. The van der Waals surface area contributed by atoms with Gasteiger partial charge in [0.05, 0.1) is 12.2 Å². The highest BCUT2D eigenvalue weighted by Gasteiger charge is 2.37. The van der Waals surface area contributed by atoms with E-state index in [-0.39, 0.29) is 23.0 Å². The lowest BCUT2D eigenvalue weighted by Crippen LogP contribution is -2.56. The van der Waals surface area contributed by atoms with Gasteiger partial charge >= 0.3 is 0 Å². The van der Waals surface area contributed by atoms with Gasteiger partial charge in [-0.2, -0.15) is 0 Å². The van der Waals surface area contributed by atoms with E-state index in [1.807, 2.05) is 26.1 Å². The molecule has 184 valence electrons. The highest BCUT2D eigenvalue weighted by Crippen LogP contribution is 2.32. The summed E-state index contributed by atoms with van der Waals surface area (Å²) in [4.78, 5) is 22.5. The number of carbonyl (C=O) groups is 1. The van der Waals surface area contributed by atoms with Crippen LogP contribution >= 0.6 is 0 Å². The van der Waals surface area contributed by atoms with Crippen molar-refractivity contribution in [3.05, 3.63) is 30.0 Å². The molecule has 34 heavy (non-hydrogen) atoms. The number of hydrogen-bond acceptors (Lipinski definition) is 6. The fourth-order valence-electron chi connectivity index (χ4n) is 5.78. The van der Waals surface area contributed by atoms with Crippen molar-refractivity contribution in [3.8, 4) is 0 Å². The van der Waals surface area contributed by atoms with Crippen LogP contribution in [0.1, 0.15) is 45.6 Å². The third-order valence-corrected chi connectivity index (χ3v) is 7.94. The Kier molecular flexibility index (Phi) is 6.29. The normalized spacial score (nSPS) is 27.8. The first-order chi connectivity index (χ1) is 16.2. The monoisotopic (exact) mass is 466 g/mol. The third-order valence-electron chi connectivity index (χ3n) is 7.94. The van der Waals surface area contributed by atoms with E-state index >= 15 is 0 Å². The fraction of sp³-hybridized carbons (Fsp3) is 0.630. The molecule has 7 heteroatoms. The second-order valence-corrected chi connectivity index (χ2v) is 11.1. The topological polar surface area (TPSA) is 66.9 Å². The Morgan fingerprint density at radius 2 is 1.88 bits per heavy atom. The molecule has 3 saturated heterocycles. The van der Waals surface area contributed by atoms with E-state index in [0.717, 1.165) is 69.4 Å². The van der Waals surface area contributed by atoms with Gasteiger partial charge in [-0.05, 0) is 76.1 Å². The third kappa shape index (κ3) is 4.79. The lowest BCUT2D eigenvalue weighted by atomic mass is 9.88. The molecule has 5 rings (SSSR count). The molecule has 7 nitrogen and oxygen atoms in total. The van der Waals surface area contributed by atoms with E-state index in [1.165, 1.54) is 11.3 Å². The molecule has 2 atom stereocenters. The fourth-order valence-corrected chi connectivity index (χ4v) is 5.78. The SMILES string of the molecule is Cc1cc2cnc(NC(=O)C3CCOC(C)(C)C3)cc2cc1N1CCN(C2(C)CCOC2)CC1. The van der Waals surface area contributed by atoms with E-state index in [9.17, 15) is 4.79 Å². The van der Waals surface area contributed by atoms with Crippen LogP contribution in [0.25, 0.3) is 10.8 Å². The van der Waals surface area contributed by atoms with Gasteiger partial charge in [-0.3, -0.25) is 9.69 Å². The van der Waals surface area contributed by atoms with Crippen LogP contribution in [0, 0.1) is 12.8 Å². The highest BCUT2D eigenvalue weighted by atomic mass is 16.5. The van der Waals surface area contributed by atoms with Crippen LogP contribution in [0.2, 0.25) is 0 Å². The Balaban J connectivity index is 1.30. The molecule has 1 N–H and O–H groups in total. The highest BCUT2D eigenvalue weighted by molar-refractivity contribution is 5.95. The Morgan fingerprint density at radius 3 is 2.59 bits per heavy atom. The number of fused-ring (bicyclic) bond motifs is 1. The van der Waals surface area contributed by atoms with Gasteiger partial charge < -0.3 is 19.7 Å². The Labute approximate surface area is 202 Å². The van der Waals surface area contributed by atoms with Crippen molar-refractivity contribution in [2.75, 3.05) is 56.2 Å². The Morgan fingerprint density at radius 1 is 1.09 bits per heavy atom. The average Bonchev–Trinajstić information content (AvgIpc) is 3.26. The largest absolute Gasteiger partial charge is 0.379 e. The van der Waals surface area contributed by atoms with Gasteiger partial charge in [0, 0.05) is 68.1 Å². The van der Waals surface area contributed by atoms with E-state index < -0.39 is 0 Å². The van der Waals surface area contributed by atoms with Crippen LogP contribution in [0.5, 0.6) is 0 Å². The summed E-state index contributed by atoms with van der Waals surface area (Å²) in [5, 5.41) is 5.26. The average molecular weight is 467 g/mol. The second kappa shape index (κ2) is 9.10. The molecule has 0 aliphatic carbocycles. The number of nitrogens with one attached hydrogen (secondary N) is 1. The predicted octanol–water partition coefficient (Wildman–Crippen LogP) is 3.99. The summed E-state index contributed by atoms with van der Waals surface area (Å²) in [6.45, 7) is 15.1. The molecule has 0 spiro atoms. The van der Waals surface area contributed by atoms with Gasteiger partial charge in [0.25, 0.3) is 0 Å². The Hall–Kier alpha value is -2.22. The Bertz CT molecular complexity index is 1060. The number of ether oxygens (including phenoxy) is 2. The van der Waals surface area contributed by atoms with E-state index in [1.54, 1.807) is 0 Å². The van der Waals surface area contributed by atoms with E-state index in [4.69, 9.17) is 9.47 Å². The first-order valence-corrected chi connectivity index (χ1v) is 12.7. The van der Waals surface area contributed by atoms with Crippen LogP contribution in [0.4, 0.5) is 11.5 Å². The lowest BCUT2D eigenvalue weighted by Gasteiger charge is -2.44. The molecule has 3 aliphatic rings. The standard InChI is InChI=1S/C27H38N4O3/c1-19-13-22-17-28-24(29-25(32)20-5-11-34-26(2,3)16-20)15-21(22)14-23(19)30-7-9-31(10-8-30)27(4)6-12-33-18-27/h13-15,17,20H,5-12,16,18H2,1-4H3,(H,28,29,32). The zero-order valence-corrected chi connectivity index (χ0v) is 21.0. The van der Waals surface area contributed by atoms with Crippen molar-refractivity contribution in [1.29, 1.82) is 0 Å². The number of amides is 1. The van der Waals surface area contributed by atoms with E-state index in [0.29, 0.717) is 12.4 Å². The smallest absolute Gasteiger partial charge is 0.228 e.